The van der Waals surface area contributed by atoms with Crippen molar-refractivity contribution in [2.24, 2.45) is 4.99 Å². The van der Waals surface area contributed by atoms with Crippen LogP contribution in [0.5, 0.6) is 5.75 Å². The summed E-state index contributed by atoms with van der Waals surface area (Å²) in [6, 6.07) is 17.6. The van der Waals surface area contributed by atoms with Crippen molar-refractivity contribution in [2.75, 3.05) is 7.11 Å². The Morgan fingerprint density at radius 1 is 1.04 bits per heavy atom. The standard InChI is InChI=1S/C19H18N2O2/c1-23-17-10-6-5-9-15(17)11-12-18-20-16(19(22)21-18)13-14-7-3-2-4-8-14/h2-10,13H,11-12H2,1H3,(H,20,21,22)/b16-13+. The monoisotopic (exact) mass is 306 g/mol. The van der Waals surface area contributed by atoms with Gasteiger partial charge >= 0.3 is 0 Å². The number of ether oxygens (including phenoxy) is 1. The molecule has 3 rings (SSSR count). The van der Waals surface area contributed by atoms with Crippen LogP contribution in [0.4, 0.5) is 0 Å². The molecule has 1 aliphatic heterocycles. The minimum absolute atomic E-state index is 0.149. The highest BCUT2D eigenvalue weighted by molar-refractivity contribution is 6.14. The normalized spacial score (nSPS) is 15.4. The topological polar surface area (TPSA) is 50.7 Å². The van der Waals surface area contributed by atoms with E-state index in [1.54, 1.807) is 13.2 Å². The summed E-state index contributed by atoms with van der Waals surface area (Å²) in [7, 11) is 1.66. The van der Waals surface area contributed by atoms with E-state index in [9.17, 15) is 4.79 Å². The lowest BCUT2D eigenvalue weighted by Gasteiger charge is -2.07. The van der Waals surface area contributed by atoms with Crippen molar-refractivity contribution in [3.8, 4) is 5.75 Å². The molecule has 4 nitrogen and oxygen atoms in total. The van der Waals surface area contributed by atoms with Crippen LogP contribution in [0.1, 0.15) is 17.5 Å². The number of hydrogen-bond acceptors (Lipinski definition) is 3. The number of aliphatic imine (C=N–C) groups is 1. The van der Waals surface area contributed by atoms with E-state index >= 15 is 0 Å². The summed E-state index contributed by atoms with van der Waals surface area (Å²) in [5, 5.41) is 2.83. The predicted octanol–water partition coefficient (Wildman–Crippen LogP) is 3.20. The van der Waals surface area contributed by atoms with Crippen molar-refractivity contribution in [1.29, 1.82) is 0 Å². The Morgan fingerprint density at radius 2 is 1.78 bits per heavy atom. The fourth-order valence-corrected chi connectivity index (χ4v) is 2.51. The molecule has 0 saturated heterocycles. The van der Waals surface area contributed by atoms with Gasteiger partial charge in [-0.2, -0.15) is 0 Å². The number of nitrogens with zero attached hydrogens (tertiary/aromatic N) is 1. The quantitative estimate of drug-likeness (QED) is 0.862. The molecular formula is C19H18N2O2. The van der Waals surface area contributed by atoms with Crippen LogP contribution in [0.25, 0.3) is 6.08 Å². The molecule has 2 aromatic rings. The first-order valence-electron chi connectivity index (χ1n) is 7.54. The van der Waals surface area contributed by atoms with Crippen LogP contribution in [0.15, 0.2) is 65.3 Å². The molecule has 0 spiro atoms. The molecule has 1 heterocycles. The molecule has 1 N–H and O–H groups in total. The zero-order chi connectivity index (χ0) is 16.1. The Hall–Kier alpha value is -2.88. The van der Waals surface area contributed by atoms with Crippen LogP contribution in [-0.2, 0) is 11.2 Å². The number of rotatable bonds is 5. The van der Waals surface area contributed by atoms with Crippen molar-refractivity contribution in [1.82, 2.24) is 5.32 Å². The smallest absolute Gasteiger partial charge is 0.275 e. The first-order valence-corrected chi connectivity index (χ1v) is 7.54. The van der Waals surface area contributed by atoms with Gasteiger partial charge in [-0.1, -0.05) is 48.5 Å². The summed E-state index contributed by atoms with van der Waals surface area (Å²) in [6.07, 6.45) is 3.23. The van der Waals surface area contributed by atoms with Crippen LogP contribution in [0.3, 0.4) is 0 Å². The van der Waals surface area contributed by atoms with E-state index in [4.69, 9.17) is 4.74 Å². The molecule has 0 saturated carbocycles. The van der Waals surface area contributed by atoms with Gasteiger partial charge in [0.2, 0.25) is 0 Å². The van der Waals surface area contributed by atoms with Crippen molar-refractivity contribution in [3.63, 3.8) is 0 Å². The molecule has 0 aromatic heterocycles. The summed E-state index contributed by atoms with van der Waals surface area (Å²) < 4.78 is 5.34. The van der Waals surface area contributed by atoms with Crippen LogP contribution >= 0.6 is 0 Å². The second-order valence-electron chi connectivity index (χ2n) is 5.26. The minimum Gasteiger partial charge on any atom is -0.496 e. The number of aryl methyl sites for hydroxylation is 1. The minimum atomic E-state index is -0.149. The Labute approximate surface area is 135 Å². The molecule has 23 heavy (non-hydrogen) atoms. The molecule has 4 heteroatoms. The average molecular weight is 306 g/mol. The van der Waals surface area contributed by atoms with Crippen molar-refractivity contribution in [3.05, 3.63) is 71.4 Å². The van der Waals surface area contributed by atoms with Gasteiger partial charge in [0, 0.05) is 6.42 Å². The summed E-state index contributed by atoms with van der Waals surface area (Å²) in [5.74, 6) is 1.41. The fourth-order valence-electron chi connectivity index (χ4n) is 2.51. The first-order chi connectivity index (χ1) is 11.3. The maximum Gasteiger partial charge on any atom is 0.275 e. The van der Waals surface area contributed by atoms with E-state index in [2.05, 4.69) is 10.3 Å². The number of carbonyl (C=O) groups is 1. The van der Waals surface area contributed by atoms with E-state index in [-0.39, 0.29) is 5.91 Å². The molecule has 0 fully saturated rings. The molecule has 0 unspecified atom stereocenters. The fraction of sp³-hybridized carbons (Fsp3) is 0.158. The van der Waals surface area contributed by atoms with E-state index in [0.29, 0.717) is 18.0 Å². The molecule has 0 radical (unpaired) electrons. The summed E-state index contributed by atoms with van der Waals surface area (Å²) in [6.45, 7) is 0. The highest BCUT2D eigenvalue weighted by atomic mass is 16.5. The molecule has 0 atom stereocenters. The molecule has 116 valence electrons. The van der Waals surface area contributed by atoms with Gasteiger partial charge in [-0.3, -0.25) is 4.79 Å². The van der Waals surface area contributed by atoms with Gasteiger partial charge in [0.15, 0.2) is 0 Å². The molecule has 2 aromatic carbocycles. The second kappa shape index (κ2) is 6.92. The highest BCUT2D eigenvalue weighted by Gasteiger charge is 2.19. The zero-order valence-electron chi connectivity index (χ0n) is 13.0. The highest BCUT2D eigenvalue weighted by Crippen LogP contribution is 2.20. The Morgan fingerprint density at radius 3 is 2.57 bits per heavy atom. The van der Waals surface area contributed by atoms with Gasteiger partial charge in [-0.05, 0) is 29.7 Å². The lowest BCUT2D eigenvalue weighted by Crippen LogP contribution is -2.24. The van der Waals surface area contributed by atoms with Crippen LogP contribution in [0, 0.1) is 0 Å². The van der Waals surface area contributed by atoms with E-state index in [1.807, 2.05) is 54.6 Å². The van der Waals surface area contributed by atoms with Crippen molar-refractivity contribution in [2.45, 2.75) is 12.8 Å². The number of carbonyl (C=O) groups excluding carboxylic acids is 1. The van der Waals surface area contributed by atoms with Crippen molar-refractivity contribution < 1.29 is 9.53 Å². The zero-order valence-corrected chi connectivity index (χ0v) is 13.0. The Kier molecular flexibility index (Phi) is 4.52. The van der Waals surface area contributed by atoms with Gasteiger partial charge in [0.25, 0.3) is 5.91 Å². The number of amides is 1. The number of amidine groups is 1. The third kappa shape index (κ3) is 3.66. The van der Waals surface area contributed by atoms with Gasteiger partial charge in [-0.15, -0.1) is 0 Å². The maximum absolute atomic E-state index is 12.0. The lowest BCUT2D eigenvalue weighted by molar-refractivity contribution is -0.115. The molecule has 0 aliphatic carbocycles. The predicted molar refractivity (Wildman–Crippen MR) is 91.3 cm³/mol. The SMILES string of the molecule is COc1ccccc1CCC1=N/C(=C/c2ccccc2)C(=O)N1. The number of methoxy groups -OCH3 is 1. The van der Waals surface area contributed by atoms with Crippen LogP contribution < -0.4 is 10.1 Å². The van der Waals surface area contributed by atoms with Crippen LogP contribution in [0.2, 0.25) is 0 Å². The molecule has 1 amide bonds. The summed E-state index contributed by atoms with van der Waals surface area (Å²) in [4.78, 5) is 16.4. The number of nitrogens with one attached hydrogen (secondary N) is 1. The lowest BCUT2D eigenvalue weighted by atomic mass is 10.1. The van der Waals surface area contributed by atoms with E-state index < -0.39 is 0 Å². The van der Waals surface area contributed by atoms with E-state index in [0.717, 1.165) is 23.3 Å². The van der Waals surface area contributed by atoms with Crippen molar-refractivity contribution >= 4 is 17.8 Å². The maximum atomic E-state index is 12.0. The van der Waals surface area contributed by atoms with Gasteiger partial charge in [-0.25, -0.2) is 4.99 Å². The van der Waals surface area contributed by atoms with Gasteiger partial charge in [0.05, 0.1) is 7.11 Å². The third-order valence-electron chi connectivity index (χ3n) is 3.67. The van der Waals surface area contributed by atoms with Gasteiger partial charge < -0.3 is 10.1 Å². The molecule has 0 bridgehead atoms. The number of benzene rings is 2. The third-order valence-corrected chi connectivity index (χ3v) is 3.67. The largest absolute Gasteiger partial charge is 0.496 e. The Bertz CT molecular complexity index is 764. The van der Waals surface area contributed by atoms with Crippen LogP contribution in [-0.4, -0.2) is 18.9 Å². The number of para-hydroxylation sites is 1. The first kappa shape index (κ1) is 15.0. The summed E-state index contributed by atoms with van der Waals surface area (Å²) in [5.41, 5.74) is 2.52. The summed E-state index contributed by atoms with van der Waals surface area (Å²) >= 11 is 0. The average Bonchev–Trinajstić information content (AvgIpc) is 2.94. The molecule has 1 aliphatic rings. The van der Waals surface area contributed by atoms with Gasteiger partial charge in [0.1, 0.15) is 17.3 Å². The van der Waals surface area contributed by atoms with E-state index in [1.165, 1.54) is 0 Å². The number of hydrogen-bond donors (Lipinski definition) is 1. The second-order valence-corrected chi connectivity index (χ2v) is 5.26. The Balaban J connectivity index is 1.71. The molecular weight excluding hydrogens is 288 g/mol.